The van der Waals surface area contributed by atoms with E-state index in [1.165, 1.54) is 13.2 Å². The molecule has 4 heterocycles. The van der Waals surface area contributed by atoms with Crippen LogP contribution in [0.25, 0.3) is 43.9 Å². The van der Waals surface area contributed by atoms with Crippen LogP contribution >= 0.6 is 23.1 Å². The Hall–Kier alpha value is -6.13. The molecule has 6 aromatic rings. The van der Waals surface area contributed by atoms with Gasteiger partial charge in [0.1, 0.15) is 24.7 Å². The van der Waals surface area contributed by atoms with Gasteiger partial charge < -0.3 is 33.7 Å². The molecule has 1 fully saturated rings. The summed E-state index contributed by atoms with van der Waals surface area (Å²) >= 11 is 8.18. The molecule has 16 heteroatoms. The molecular formula is C47H48ClFN6O7S. The van der Waals surface area contributed by atoms with Crippen LogP contribution in [0.3, 0.4) is 0 Å². The first-order valence-electron chi connectivity index (χ1n) is 20.2. The molecule has 0 spiro atoms. The Morgan fingerprint density at radius 1 is 1.02 bits per heavy atom. The monoisotopic (exact) mass is 894 g/mol. The molecule has 1 unspecified atom stereocenters. The lowest BCUT2D eigenvalue weighted by molar-refractivity contribution is -0.145. The van der Waals surface area contributed by atoms with Gasteiger partial charge in [-0.25, -0.2) is 19.2 Å². The highest BCUT2D eigenvalue weighted by atomic mass is 35.5. The Labute approximate surface area is 374 Å². The molecule has 1 aliphatic rings. The number of halogens is 2. The minimum Gasteiger partial charge on any atom is -0.496 e. The number of carboxylic acid groups (broad SMARTS) is 1. The average Bonchev–Trinajstić information content (AvgIpc) is 3.71. The van der Waals surface area contributed by atoms with Gasteiger partial charge in [0, 0.05) is 62.7 Å². The fourth-order valence-electron chi connectivity index (χ4n) is 7.27. The van der Waals surface area contributed by atoms with E-state index in [0.717, 1.165) is 49.8 Å². The average molecular weight is 895 g/mol. The van der Waals surface area contributed by atoms with Crippen LogP contribution in [0.15, 0.2) is 97.0 Å². The zero-order valence-corrected chi connectivity index (χ0v) is 37.3. The van der Waals surface area contributed by atoms with E-state index in [-0.39, 0.29) is 24.7 Å². The molecule has 3 aromatic carbocycles. The minimum atomic E-state index is -1.41. The highest BCUT2D eigenvalue weighted by molar-refractivity contribution is 7.13. The second kappa shape index (κ2) is 20.4. The van der Waals surface area contributed by atoms with Crippen LogP contribution in [0.5, 0.6) is 23.1 Å². The maximum Gasteiger partial charge on any atom is 0.345 e. The Bertz CT molecular complexity index is 2650. The molecule has 7 rings (SSSR count). The standard InChI is InChI=1S/C47H48ClFN6O7S/c1-7-30(29(3)61-27-32-16-17-50-45(52-32)34-10-8-9-11-36(34)58-5)24-39(47(56)57)62-46-42-40(63-53-46)26-51-44(31-12-14-35(49)38(25-31)59-6)41(42)33-13-15-37(43(48)28(33)2)60-23-22-55-20-18-54(4)19-21-55/h7-17,25-26,39H,1,18-24,27H2,2-6H3,(H,56,57)/b30-29-. The van der Waals surface area contributed by atoms with Gasteiger partial charge in [0.05, 0.1) is 52.0 Å². The van der Waals surface area contributed by atoms with Crippen molar-refractivity contribution < 1.29 is 38.0 Å². The van der Waals surface area contributed by atoms with E-state index in [0.29, 0.717) is 84.0 Å². The number of benzene rings is 3. The summed E-state index contributed by atoms with van der Waals surface area (Å²) in [5.41, 5.74) is 4.77. The van der Waals surface area contributed by atoms with E-state index in [2.05, 4.69) is 37.8 Å². The summed E-state index contributed by atoms with van der Waals surface area (Å²) in [7, 11) is 5.10. The van der Waals surface area contributed by atoms with Crippen LogP contribution < -0.4 is 18.9 Å². The van der Waals surface area contributed by atoms with Crippen molar-refractivity contribution in [3.8, 4) is 56.9 Å². The van der Waals surface area contributed by atoms with Crippen LogP contribution in [0.1, 0.15) is 24.6 Å². The Morgan fingerprint density at radius 3 is 2.54 bits per heavy atom. The third-order valence-corrected chi connectivity index (χ3v) is 12.2. The molecule has 0 amide bonds. The van der Waals surface area contributed by atoms with E-state index in [1.807, 2.05) is 43.3 Å². The van der Waals surface area contributed by atoms with Crippen LogP contribution in [0.4, 0.5) is 4.39 Å². The maximum atomic E-state index is 14.7. The van der Waals surface area contributed by atoms with Gasteiger partial charge in [0.15, 0.2) is 17.4 Å². The van der Waals surface area contributed by atoms with Gasteiger partial charge in [0.2, 0.25) is 12.0 Å². The first-order chi connectivity index (χ1) is 30.5. The van der Waals surface area contributed by atoms with Crippen molar-refractivity contribution in [2.45, 2.75) is 33.0 Å². The SMILES string of the molecule is C=C/C(CC(Oc1nsc2cnc(-c3ccc(F)c(OC)c3)c(-c3ccc(OCCN4CCN(C)CC4)c(Cl)c3C)c12)C(=O)O)=C(\C)OCc1ccnc(-c2ccccc2OC)n1. The number of hydrogen-bond acceptors (Lipinski definition) is 13. The Balaban J connectivity index is 1.20. The maximum absolute atomic E-state index is 14.7. The second-order valence-corrected chi connectivity index (χ2v) is 16.1. The van der Waals surface area contributed by atoms with Gasteiger partial charge in [-0.05, 0) is 91.6 Å². The predicted molar refractivity (Wildman–Crippen MR) is 242 cm³/mol. The number of hydrogen-bond donors (Lipinski definition) is 1. The number of allylic oxidation sites excluding steroid dienone is 2. The highest BCUT2D eigenvalue weighted by Crippen LogP contribution is 2.46. The van der Waals surface area contributed by atoms with Crippen LogP contribution in [0.2, 0.25) is 5.02 Å². The van der Waals surface area contributed by atoms with Crippen molar-refractivity contribution in [2.75, 3.05) is 60.6 Å². The highest BCUT2D eigenvalue weighted by Gasteiger charge is 2.28. The number of ether oxygens (including phenoxy) is 5. The molecule has 0 radical (unpaired) electrons. The van der Waals surface area contributed by atoms with Crippen molar-refractivity contribution in [2.24, 2.45) is 0 Å². The fraction of sp³-hybridized carbons (Fsp3) is 0.298. The first-order valence-corrected chi connectivity index (χ1v) is 21.4. The second-order valence-electron chi connectivity index (χ2n) is 14.9. The van der Waals surface area contributed by atoms with Crippen molar-refractivity contribution in [3.63, 3.8) is 0 Å². The van der Waals surface area contributed by atoms with E-state index < -0.39 is 17.9 Å². The number of aromatic nitrogens is 4. The Kier molecular flexibility index (Phi) is 14.5. The third kappa shape index (κ3) is 10.2. The minimum absolute atomic E-state index is 0.0305. The number of likely N-dealkylation sites (N-methyl/N-ethyl adjacent to an activating group) is 1. The molecule has 1 saturated heterocycles. The molecule has 13 nitrogen and oxygen atoms in total. The summed E-state index contributed by atoms with van der Waals surface area (Å²) in [4.78, 5) is 31.5. The smallest absolute Gasteiger partial charge is 0.345 e. The van der Waals surface area contributed by atoms with Crippen molar-refractivity contribution in [1.82, 2.24) is 29.1 Å². The molecule has 1 atom stereocenters. The van der Waals surface area contributed by atoms with E-state index in [4.69, 9.17) is 40.3 Å². The van der Waals surface area contributed by atoms with Gasteiger partial charge >= 0.3 is 5.97 Å². The molecule has 0 saturated carbocycles. The zero-order chi connectivity index (χ0) is 44.6. The predicted octanol–water partition coefficient (Wildman–Crippen LogP) is 9.13. The summed E-state index contributed by atoms with van der Waals surface area (Å²) in [6, 6.07) is 17.4. The number of methoxy groups -OCH3 is 2. The Morgan fingerprint density at radius 2 is 1.79 bits per heavy atom. The summed E-state index contributed by atoms with van der Waals surface area (Å²) in [5.74, 6) is 0.424. The number of carbonyl (C=O) groups is 1. The topological polar surface area (TPSA) is 141 Å². The van der Waals surface area contributed by atoms with Crippen molar-refractivity contribution in [3.05, 3.63) is 119 Å². The number of piperazine rings is 1. The lowest BCUT2D eigenvalue weighted by Crippen LogP contribution is -2.45. The molecule has 1 aliphatic heterocycles. The number of pyridine rings is 1. The van der Waals surface area contributed by atoms with Gasteiger partial charge in [-0.1, -0.05) is 42.5 Å². The molecule has 0 bridgehead atoms. The quantitative estimate of drug-likeness (QED) is 0.0648. The number of fused-ring (bicyclic) bond motifs is 1. The molecule has 1 N–H and O–H groups in total. The third-order valence-electron chi connectivity index (χ3n) is 10.9. The van der Waals surface area contributed by atoms with Gasteiger partial charge in [-0.3, -0.25) is 9.88 Å². The lowest BCUT2D eigenvalue weighted by atomic mass is 9.93. The molecule has 0 aliphatic carbocycles. The van der Waals surface area contributed by atoms with Crippen LogP contribution in [-0.4, -0.2) is 107 Å². The van der Waals surface area contributed by atoms with Crippen molar-refractivity contribution in [1.29, 1.82) is 0 Å². The molecule has 3 aromatic heterocycles. The van der Waals surface area contributed by atoms with E-state index in [1.54, 1.807) is 50.7 Å². The molecule has 328 valence electrons. The summed E-state index contributed by atoms with van der Waals surface area (Å²) < 4.78 is 49.5. The normalized spacial score (nSPS) is 14.2. The fourth-order valence-corrected chi connectivity index (χ4v) is 8.19. The van der Waals surface area contributed by atoms with Gasteiger partial charge in [-0.15, -0.1) is 0 Å². The van der Waals surface area contributed by atoms with Gasteiger partial charge in [0.25, 0.3) is 0 Å². The summed E-state index contributed by atoms with van der Waals surface area (Å²) in [6.45, 7) is 12.8. The van der Waals surface area contributed by atoms with Crippen LogP contribution in [0, 0.1) is 12.7 Å². The summed E-state index contributed by atoms with van der Waals surface area (Å²) in [5, 5.41) is 11.5. The van der Waals surface area contributed by atoms with Crippen LogP contribution in [-0.2, 0) is 16.1 Å². The van der Waals surface area contributed by atoms with E-state index in [9.17, 15) is 14.3 Å². The number of para-hydroxylation sites is 1. The zero-order valence-electron chi connectivity index (χ0n) is 35.7. The van der Waals surface area contributed by atoms with Crippen molar-refractivity contribution >= 4 is 39.2 Å². The van der Waals surface area contributed by atoms with E-state index >= 15 is 0 Å². The summed E-state index contributed by atoms with van der Waals surface area (Å²) in [6.07, 6.45) is 3.31. The van der Waals surface area contributed by atoms with Gasteiger partial charge in [-0.2, -0.15) is 4.37 Å². The molecular weight excluding hydrogens is 847 g/mol. The number of carboxylic acids is 1. The number of aliphatic carboxylic acids is 1. The lowest BCUT2D eigenvalue weighted by Gasteiger charge is -2.32. The largest absolute Gasteiger partial charge is 0.496 e. The number of nitrogens with zero attached hydrogens (tertiary/aromatic N) is 6. The first kappa shape index (κ1) is 44.9. The molecule has 63 heavy (non-hydrogen) atoms. The number of rotatable bonds is 18.